The predicted molar refractivity (Wildman–Crippen MR) is 100 cm³/mol. The van der Waals surface area contributed by atoms with Crippen LogP contribution in [0.3, 0.4) is 0 Å². The van der Waals surface area contributed by atoms with Crippen LogP contribution < -0.4 is 0 Å². The fraction of sp³-hybridized carbons (Fsp3) is 0.263. The molecule has 2 rings (SSSR count). The fourth-order valence-corrected chi connectivity index (χ4v) is 3.48. The first-order valence-electron chi connectivity index (χ1n) is 7.56. The van der Waals surface area contributed by atoms with Crippen LogP contribution in [0, 0.1) is 16.7 Å². The van der Waals surface area contributed by atoms with Crippen molar-refractivity contribution in [1.29, 1.82) is 5.26 Å². The van der Waals surface area contributed by atoms with Crippen LogP contribution in [0.15, 0.2) is 57.5 Å². The molecule has 124 valence electrons. The van der Waals surface area contributed by atoms with Crippen LogP contribution in [-0.2, 0) is 22.4 Å². The Morgan fingerprint density at radius 2 is 1.58 bits per heavy atom. The predicted octanol–water partition coefficient (Wildman–Crippen LogP) is 5.07. The third kappa shape index (κ3) is 4.68. The van der Waals surface area contributed by atoms with Crippen LogP contribution in [0.1, 0.15) is 18.1 Å². The minimum Gasteiger partial charge on any atom is -0.465 e. The van der Waals surface area contributed by atoms with E-state index in [1.807, 2.05) is 48.5 Å². The molecule has 0 aromatic heterocycles. The Balaban J connectivity index is 2.40. The number of nitriles is 1. The van der Waals surface area contributed by atoms with E-state index in [0.717, 1.165) is 20.1 Å². The minimum absolute atomic E-state index is 0.249. The summed E-state index contributed by atoms with van der Waals surface area (Å²) in [6, 6.07) is 17.5. The molecule has 0 aliphatic carbocycles. The average molecular weight is 451 g/mol. The second kappa shape index (κ2) is 8.46. The maximum Gasteiger partial charge on any atom is 0.327 e. The van der Waals surface area contributed by atoms with Crippen molar-refractivity contribution in [3.05, 3.63) is 68.6 Å². The number of carbonyl (C=O) groups excluding carboxylic acids is 1. The van der Waals surface area contributed by atoms with Gasteiger partial charge in [-0.25, -0.2) is 0 Å². The molecule has 0 aliphatic rings. The molecular formula is C19H17Br2NO2. The van der Waals surface area contributed by atoms with E-state index >= 15 is 0 Å². The smallest absolute Gasteiger partial charge is 0.327 e. The summed E-state index contributed by atoms with van der Waals surface area (Å²) in [6.07, 6.45) is 0.600. The van der Waals surface area contributed by atoms with Crippen LogP contribution in [0.2, 0.25) is 0 Å². The van der Waals surface area contributed by atoms with Crippen molar-refractivity contribution in [2.24, 2.45) is 5.41 Å². The standard InChI is InChI=1S/C19H17Br2NO2/c1-2-24-18(23)19(13-22,11-14-5-3-7-16(20)9-14)12-15-6-4-8-17(21)10-15/h3-10H,2,11-12H2,1H3. The van der Waals surface area contributed by atoms with Crippen LogP contribution in [0.5, 0.6) is 0 Å². The molecule has 0 N–H and O–H groups in total. The molecule has 3 nitrogen and oxygen atoms in total. The Kier molecular flexibility index (Phi) is 6.59. The molecule has 2 aromatic carbocycles. The summed E-state index contributed by atoms with van der Waals surface area (Å²) in [6.45, 7) is 2.00. The van der Waals surface area contributed by atoms with Gasteiger partial charge in [0, 0.05) is 21.8 Å². The molecule has 0 amide bonds. The molecular weight excluding hydrogens is 434 g/mol. The van der Waals surface area contributed by atoms with Crippen LogP contribution in [0.25, 0.3) is 0 Å². The van der Waals surface area contributed by atoms with Gasteiger partial charge in [-0.3, -0.25) is 4.79 Å². The zero-order valence-corrected chi connectivity index (χ0v) is 16.4. The zero-order valence-electron chi connectivity index (χ0n) is 13.3. The summed E-state index contributed by atoms with van der Waals surface area (Å²) in [5.74, 6) is -0.479. The monoisotopic (exact) mass is 449 g/mol. The van der Waals surface area contributed by atoms with Crippen LogP contribution in [0.4, 0.5) is 0 Å². The third-order valence-corrected chi connectivity index (χ3v) is 4.66. The van der Waals surface area contributed by atoms with Crippen molar-refractivity contribution in [3.63, 3.8) is 0 Å². The molecule has 0 fully saturated rings. The Bertz CT molecular complexity index is 720. The summed E-state index contributed by atoms with van der Waals surface area (Å²) in [7, 11) is 0. The van der Waals surface area contributed by atoms with Gasteiger partial charge in [0.05, 0.1) is 12.7 Å². The summed E-state index contributed by atoms with van der Waals surface area (Å²) in [5.41, 5.74) is 0.570. The fourth-order valence-electron chi connectivity index (χ4n) is 2.59. The minimum atomic E-state index is -1.25. The molecule has 2 aromatic rings. The second-order valence-electron chi connectivity index (χ2n) is 5.53. The number of carbonyl (C=O) groups is 1. The molecule has 0 atom stereocenters. The van der Waals surface area contributed by atoms with E-state index in [4.69, 9.17) is 4.74 Å². The lowest BCUT2D eigenvalue weighted by atomic mass is 9.77. The van der Waals surface area contributed by atoms with Gasteiger partial charge in [0.1, 0.15) is 0 Å². The number of benzene rings is 2. The quantitative estimate of drug-likeness (QED) is 0.577. The number of nitrogens with zero attached hydrogens (tertiary/aromatic N) is 1. The second-order valence-corrected chi connectivity index (χ2v) is 7.36. The summed E-state index contributed by atoms with van der Waals surface area (Å²) in [5, 5.41) is 9.86. The van der Waals surface area contributed by atoms with Gasteiger partial charge in [0.2, 0.25) is 0 Å². The lowest BCUT2D eigenvalue weighted by molar-refractivity contribution is -0.152. The molecule has 0 bridgehead atoms. The Labute approximate surface area is 158 Å². The molecule has 0 saturated heterocycles. The molecule has 24 heavy (non-hydrogen) atoms. The van der Waals surface area contributed by atoms with E-state index in [9.17, 15) is 10.1 Å². The molecule has 0 heterocycles. The van der Waals surface area contributed by atoms with Gasteiger partial charge in [-0.1, -0.05) is 56.1 Å². The van der Waals surface area contributed by atoms with E-state index in [2.05, 4.69) is 37.9 Å². The SMILES string of the molecule is CCOC(=O)C(C#N)(Cc1cccc(Br)c1)Cc1cccc(Br)c1. The largest absolute Gasteiger partial charge is 0.465 e. The highest BCUT2D eigenvalue weighted by Crippen LogP contribution is 2.31. The molecule has 0 unspecified atom stereocenters. The zero-order chi connectivity index (χ0) is 17.6. The van der Waals surface area contributed by atoms with E-state index in [-0.39, 0.29) is 6.61 Å². The third-order valence-electron chi connectivity index (χ3n) is 3.67. The first-order valence-corrected chi connectivity index (χ1v) is 9.15. The van der Waals surface area contributed by atoms with Crippen molar-refractivity contribution in [3.8, 4) is 6.07 Å². The number of halogens is 2. The molecule has 5 heteroatoms. The van der Waals surface area contributed by atoms with Crippen LogP contribution in [-0.4, -0.2) is 12.6 Å². The Morgan fingerprint density at radius 3 is 1.96 bits per heavy atom. The van der Waals surface area contributed by atoms with Gasteiger partial charge in [0.15, 0.2) is 5.41 Å². The highest BCUT2D eigenvalue weighted by atomic mass is 79.9. The van der Waals surface area contributed by atoms with Gasteiger partial charge in [-0.05, 0) is 42.3 Å². The first-order chi connectivity index (χ1) is 11.5. The van der Waals surface area contributed by atoms with E-state index in [1.54, 1.807) is 6.92 Å². The Morgan fingerprint density at radius 1 is 1.08 bits per heavy atom. The van der Waals surface area contributed by atoms with Crippen LogP contribution >= 0.6 is 31.9 Å². The van der Waals surface area contributed by atoms with E-state index in [1.165, 1.54) is 0 Å². The summed E-state index contributed by atoms with van der Waals surface area (Å²) in [4.78, 5) is 12.6. The topological polar surface area (TPSA) is 50.1 Å². The highest BCUT2D eigenvalue weighted by Gasteiger charge is 2.41. The maximum absolute atomic E-state index is 12.6. The summed E-state index contributed by atoms with van der Waals surface area (Å²) < 4.78 is 7.05. The summed E-state index contributed by atoms with van der Waals surface area (Å²) >= 11 is 6.86. The van der Waals surface area contributed by atoms with Gasteiger partial charge < -0.3 is 4.74 Å². The normalized spacial score (nSPS) is 10.9. The lowest BCUT2D eigenvalue weighted by Gasteiger charge is -2.25. The lowest BCUT2D eigenvalue weighted by Crippen LogP contribution is -2.36. The highest BCUT2D eigenvalue weighted by molar-refractivity contribution is 9.10. The number of rotatable bonds is 6. The van der Waals surface area contributed by atoms with Crippen molar-refractivity contribution < 1.29 is 9.53 Å². The van der Waals surface area contributed by atoms with Gasteiger partial charge in [-0.2, -0.15) is 5.26 Å². The number of hydrogen-bond donors (Lipinski definition) is 0. The number of hydrogen-bond acceptors (Lipinski definition) is 3. The van der Waals surface area contributed by atoms with Crippen molar-refractivity contribution in [2.45, 2.75) is 19.8 Å². The maximum atomic E-state index is 12.6. The van der Waals surface area contributed by atoms with Crippen molar-refractivity contribution in [2.75, 3.05) is 6.61 Å². The van der Waals surface area contributed by atoms with E-state index < -0.39 is 11.4 Å². The van der Waals surface area contributed by atoms with Crippen molar-refractivity contribution in [1.82, 2.24) is 0 Å². The molecule has 0 aliphatic heterocycles. The van der Waals surface area contributed by atoms with E-state index in [0.29, 0.717) is 12.8 Å². The average Bonchev–Trinajstić information content (AvgIpc) is 2.54. The molecule has 0 spiro atoms. The number of esters is 1. The molecule has 0 saturated carbocycles. The van der Waals surface area contributed by atoms with Crippen molar-refractivity contribution >= 4 is 37.8 Å². The first kappa shape index (κ1) is 18.7. The van der Waals surface area contributed by atoms with Gasteiger partial charge in [0.25, 0.3) is 0 Å². The number of ether oxygens (including phenoxy) is 1. The molecule has 0 radical (unpaired) electrons. The van der Waals surface area contributed by atoms with Gasteiger partial charge >= 0.3 is 5.97 Å². The Hall–Kier alpha value is -1.64. The van der Waals surface area contributed by atoms with Gasteiger partial charge in [-0.15, -0.1) is 0 Å².